The average Bonchev–Trinajstić information content (AvgIpc) is 2.04. The Morgan fingerprint density at radius 2 is 2.08 bits per heavy atom. The van der Waals surface area contributed by atoms with E-state index < -0.39 is 18.2 Å². The van der Waals surface area contributed by atoms with Gasteiger partial charge in [0, 0.05) is 24.6 Å². The molecule has 0 amide bonds. The third kappa shape index (κ3) is 2.84. The first kappa shape index (κ1) is 10.8. The van der Waals surface area contributed by atoms with Gasteiger partial charge in [-0.15, -0.1) is 0 Å². The number of hydrogen-bond donors (Lipinski definition) is 1. The Labute approximate surface area is 81.3 Å². The number of carboxylic acids is 1. The summed E-state index contributed by atoms with van der Waals surface area (Å²) in [4.78, 5) is 12.5. The zero-order valence-corrected chi connectivity index (χ0v) is 8.39. The monoisotopic (exact) mass is 207 g/mol. The molecule has 1 rings (SSSR count). The molecule has 0 spiro atoms. The lowest BCUT2D eigenvalue weighted by molar-refractivity contribution is -0.145. The van der Waals surface area contributed by atoms with Crippen molar-refractivity contribution in [1.82, 2.24) is 4.90 Å². The molecule has 0 aromatic rings. The largest absolute Gasteiger partial charge is 0.480 e. The van der Waals surface area contributed by atoms with Gasteiger partial charge in [-0.2, -0.15) is 11.8 Å². The Morgan fingerprint density at radius 3 is 2.46 bits per heavy atom. The molecule has 0 unspecified atom stereocenters. The normalized spacial score (nSPS) is 23.8. The molecule has 3 nitrogen and oxygen atoms in total. The molecule has 0 aromatic heterocycles. The summed E-state index contributed by atoms with van der Waals surface area (Å²) in [6.45, 7) is 2.66. The van der Waals surface area contributed by atoms with Crippen LogP contribution in [-0.4, -0.2) is 52.8 Å². The van der Waals surface area contributed by atoms with E-state index in [4.69, 9.17) is 5.11 Å². The van der Waals surface area contributed by atoms with Crippen LogP contribution in [0.2, 0.25) is 0 Å². The second-order valence-corrected chi connectivity index (χ2v) is 4.33. The van der Waals surface area contributed by atoms with Gasteiger partial charge >= 0.3 is 5.97 Å². The van der Waals surface area contributed by atoms with Crippen LogP contribution in [0.3, 0.4) is 0 Å². The Balaban J connectivity index is 2.57. The lowest BCUT2D eigenvalue weighted by atomic mass is 10.1. The highest BCUT2D eigenvalue weighted by molar-refractivity contribution is 7.99. The average molecular weight is 207 g/mol. The Kier molecular flexibility index (Phi) is 3.99. The van der Waals surface area contributed by atoms with Crippen molar-refractivity contribution in [3.05, 3.63) is 0 Å². The van der Waals surface area contributed by atoms with Crippen LogP contribution in [0.15, 0.2) is 0 Å². The van der Waals surface area contributed by atoms with Crippen molar-refractivity contribution in [2.45, 2.75) is 19.1 Å². The minimum absolute atomic E-state index is 0.676. The number of carbonyl (C=O) groups is 1. The minimum Gasteiger partial charge on any atom is -0.480 e. The van der Waals surface area contributed by atoms with Crippen molar-refractivity contribution >= 4 is 17.7 Å². The fourth-order valence-corrected chi connectivity index (χ4v) is 2.43. The molecule has 1 saturated heterocycles. The van der Waals surface area contributed by atoms with Crippen LogP contribution in [-0.2, 0) is 4.79 Å². The van der Waals surface area contributed by atoms with E-state index in [0.717, 1.165) is 11.5 Å². The number of nitrogens with zero attached hydrogens (tertiary/aromatic N) is 1. The van der Waals surface area contributed by atoms with Gasteiger partial charge in [-0.1, -0.05) is 0 Å². The molecule has 13 heavy (non-hydrogen) atoms. The van der Waals surface area contributed by atoms with Crippen molar-refractivity contribution < 1.29 is 14.3 Å². The Hall–Kier alpha value is -0.290. The molecule has 0 bridgehead atoms. The van der Waals surface area contributed by atoms with Crippen molar-refractivity contribution in [2.75, 3.05) is 24.6 Å². The molecule has 2 atom stereocenters. The maximum absolute atomic E-state index is 13.0. The van der Waals surface area contributed by atoms with Gasteiger partial charge < -0.3 is 5.11 Å². The smallest absolute Gasteiger partial charge is 0.323 e. The third-order valence-electron chi connectivity index (χ3n) is 2.13. The van der Waals surface area contributed by atoms with Crippen LogP contribution in [0.25, 0.3) is 0 Å². The van der Waals surface area contributed by atoms with E-state index in [1.54, 1.807) is 16.7 Å². The van der Waals surface area contributed by atoms with E-state index in [0.29, 0.717) is 13.1 Å². The van der Waals surface area contributed by atoms with Gasteiger partial charge in [0.2, 0.25) is 0 Å². The maximum atomic E-state index is 13.0. The Bertz CT molecular complexity index is 183. The zero-order valence-electron chi connectivity index (χ0n) is 7.57. The van der Waals surface area contributed by atoms with Crippen LogP contribution in [0.5, 0.6) is 0 Å². The predicted octanol–water partition coefficient (Wildman–Crippen LogP) is 0.846. The quantitative estimate of drug-likeness (QED) is 0.744. The highest BCUT2D eigenvalue weighted by Gasteiger charge is 2.31. The highest BCUT2D eigenvalue weighted by atomic mass is 32.2. The zero-order chi connectivity index (χ0) is 9.84. The van der Waals surface area contributed by atoms with E-state index in [1.807, 2.05) is 0 Å². The topological polar surface area (TPSA) is 40.5 Å². The first-order valence-corrected chi connectivity index (χ1v) is 5.47. The molecule has 0 aromatic carbocycles. The summed E-state index contributed by atoms with van der Waals surface area (Å²) in [5.41, 5.74) is 0. The lowest BCUT2D eigenvalue weighted by Gasteiger charge is -2.32. The van der Waals surface area contributed by atoms with Gasteiger partial charge in [0.1, 0.15) is 12.2 Å². The van der Waals surface area contributed by atoms with Crippen LogP contribution in [0.4, 0.5) is 4.39 Å². The first-order chi connectivity index (χ1) is 6.13. The second kappa shape index (κ2) is 4.81. The van der Waals surface area contributed by atoms with Crippen LogP contribution in [0.1, 0.15) is 6.92 Å². The molecule has 0 radical (unpaired) electrons. The molecule has 5 heteroatoms. The predicted molar refractivity (Wildman–Crippen MR) is 50.9 cm³/mol. The number of thioether (sulfide) groups is 1. The summed E-state index contributed by atoms with van der Waals surface area (Å²) < 4.78 is 13.0. The van der Waals surface area contributed by atoms with E-state index >= 15 is 0 Å². The summed E-state index contributed by atoms with van der Waals surface area (Å²) in [6, 6.07) is -0.958. The molecular weight excluding hydrogens is 193 g/mol. The second-order valence-electron chi connectivity index (χ2n) is 3.11. The molecule has 0 aliphatic carbocycles. The first-order valence-electron chi connectivity index (χ1n) is 4.31. The van der Waals surface area contributed by atoms with Gasteiger partial charge in [0.25, 0.3) is 0 Å². The fraction of sp³-hybridized carbons (Fsp3) is 0.875. The van der Waals surface area contributed by atoms with Crippen molar-refractivity contribution in [3.63, 3.8) is 0 Å². The molecule has 1 N–H and O–H groups in total. The molecule has 76 valence electrons. The maximum Gasteiger partial charge on any atom is 0.323 e. The summed E-state index contributed by atoms with van der Waals surface area (Å²) in [5, 5.41) is 8.81. The van der Waals surface area contributed by atoms with E-state index in [2.05, 4.69) is 0 Å². The summed E-state index contributed by atoms with van der Waals surface area (Å²) >= 11 is 1.78. The van der Waals surface area contributed by atoms with Crippen molar-refractivity contribution in [2.24, 2.45) is 0 Å². The van der Waals surface area contributed by atoms with Gasteiger partial charge in [0.15, 0.2) is 0 Å². The fourth-order valence-electron chi connectivity index (χ4n) is 1.50. The number of aliphatic carboxylic acids is 1. The van der Waals surface area contributed by atoms with Crippen LogP contribution in [0, 0.1) is 0 Å². The Morgan fingerprint density at radius 1 is 1.54 bits per heavy atom. The van der Waals surface area contributed by atoms with Gasteiger partial charge in [-0.3, -0.25) is 9.69 Å². The number of hydrogen-bond acceptors (Lipinski definition) is 3. The van der Waals surface area contributed by atoms with Crippen molar-refractivity contribution in [1.29, 1.82) is 0 Å². The van der Waals surface area contributed by atoms with E-state index in [1.165, 1.54) is 6.92 Å². The van der Waals surface area contributed by atoms with Gasteiger partial charge in [-0.05, 0) is 6.92 Å². The number of rotatable bonds is 3. The summed E-state index contributed by atoms with van der Waals surface area (Å²) in [7, 11) is 0. The molecule has 1 heterocycles. The molecule has 1 fully saturated rings. The third-order valence-corrected chi connectivity index (χ3v) is 3.07. The highest BCUT2D eigenvalue weighted by Crippen LogP contribution is 2.15. The molecule has 1 aliphatic rings. The lowest BCUT2D eigenvalue weighted by Crippen LogP contribution is -2.49. The SMILES string of the molecule is C[C@H](F)[C@@H](C(=O)O)N1CCSCC1. The van der Waals surface area contributed by atoms with E-state index in [9.17, 15) is 9.18 Å². The minimum atomic E-state index is -1.30. The number of halogens is 1. The van der Waals surface area contributed by atoms with Crippen molar-refractivity contribution in [3.8, 4) is 0 Å². The number of carboxylic acid groups (broad SMARTS) is 1. The van der Waals surface area contributed by atoms with Crippen LogP contribution < -0.4 is 0 Å². The van der Waals surface area contributed by atoms with Gasteiger partial charge in [0.05, 0.1) is 0 Å². The van der Waals surface area contributed by atoms with Gasteiger partial charge in [-0.25, -0.2) is 4.39 Å². The molecular formula is C8H14FNO2S. The summed E-state index contributed by atoms with van der Waals surface area (Å²) in [6.07, 6.45) is -1.30. The summed E-state index contributed by atoms with van der Waals surface area (Å²) in [5.74, 6) is 0.745. The van der Waals surface area contributed by atoms with Crippen LogP contribution >= 0.6 is 11.8 Å². The molecule has 0 saturated carbocycles. The standard InChI is InChI=1S/C8H14FNO2S/c1-6(9)7(8(11)12)10-2-4-13-5-3-10/h6-7H,2-5H2,1H3,(H,11,12)/t6-,7-/m0/s1. The van der Waals surface area contributed by atoms with E-state index in [-0.39, 0.29) is 0 Å². The number of alkyl halides is 1. The molecule has 1 aliphatic heterocycles.